The van der Waals surface area contributed by atoms with Gasteiger partial charge in [-0.1, -0.05) is 72.8 Å². The van der Waals surface area contributed by atoms with Gasteiger partial charge in [0.25, 0.3) is 0 Å². The minimum Gasteiger partial charge on any atom is -0.310 e. The molecule has 0 radical (unpaired) electrons. The van der Waals surface area contributed by atoms with Crippen molar-refractivity contribution in [1.82, 2.24) is 20.6 Å². The topological polar surface area (TPSA) is 49.8 Å². The van der Waals surface area contributed by atoms with E-state index in [4.69, 9.17) is 0 Å². The molecule has 4 nitrogen and oxygen atoms in total. The molecule has 0 aliphatic carbocycles. The average Bonchev–Trinajstić information content (AvgIpc) is 2.89. The van der Waals surface area contributed by atoms with Crippen LogP contribution in [0.1, 0.15) is 41.0 Å². The van der Waals surface area contributed by atoms with Gasteiger partial charge in [-0.25, -0.2) is 0 Å². The van der Waals surface area contributed by atoms with Crippen molar-refractivity contribution in [1.29, 1.82) is 0 Å². The number of nitrogens with zero attached hydrogens (tertiary/aromatic N) is 2. The lowest BCUT2D eigenvalue weighted by molar-refractivity contribution is 0.475. The molecule has 0 bridgehead atoms. The minimum atomic E-state index is 0.250. The molecule has 4 rings (SSSR count). The molecule has 2 heterocycles. The zero-order valence-electron chi connectivity index (χ0n) is 19.0. The molecule has 0 unspecified atom stereocenters. The van der Waals surface area contributed by atoms with Crippen molar-refractivity contribution >= 4 is 0 Å². The molecule has 0 aliphatic rings. The van der Waals surface area contributed by atoms with E-state index in [-0.39, 0.29) is 12.1 Å². The average molecular weight is 437 g/mol. The van der Waals surface area contributed by atoms with Crippen molar-refractivity contribution in [2.45, 2.75) is 31.3 Å². The summed E-state index contributed by atoms with van der Waals surface area (Å²) >= 11 is 0. The van der Waals surface area contributed by atoms with E-state index < -0.39 is 0 Å². The zero-order chi connectivity index (χ0) is 22.6. The molecule has 0 aliphatic heterocycles. The lowest BCUT2D eigenvalue weighted by Gasteiger charge is -2.21. The Morgan fingerprint density at radius 2 is 0.939 bits per heavy atom. The quantitative estimate of drug-likeness (QED) is 0.295. The smallest absolute Gasteiger partial charge is 0.0422 e. The molecule has 0 amide bonds. The maximum Gasteiger partial charge on any atom is 0.0422 e. The zero-order valence-corrected chi connectivity index (χ0v) is 19.0. The van der Waals surface area contributed by atoms with Crippen LogP contribution in [0.25, 0.3) is 0 Å². The van der Waals surface area contributed by atoms with E-state index in [0.717, 1.165) is 43.7 Å². The van der Waals surface area contributed by atoms with Crippen LogP contribution in [0.3, 0.4) is 0 Å². The van der Waals surface area contributed by atoms with Crippen LogP contribution in [0.4, 0.5) is 0 Å². The number of pyridine rings is 2. The Morgan fingerprint density at radius 1 is 0.515 bits per heavy atom. The molecule has 33 heavy (non-hydrogen) atoms. The highest BCUT2D eigenvalue weighted by molar-refractivity contribution is 5.22. The van der Waals surface area contributed by atoms with Crippen molar-refractivity contribution in [3.8, 4) is 0 Å². The van der Waals surface area contributed by atoms with Crippen molar-refractivity contribution in [3.05, 3.63) is 132 Å². The molecule has 0 saturated carbocycles. The standard InChI is InChI=1S/C29H32N4/c1-3-12-24(13-4-1)28(22-26-16-7-9-18-30-26)32-20-11-21-33-29(25-14-5-2-6-15-25)23-27-17-8-10-19-31-27/h1-10,12-19,28-29,32-33H,11,20-23H2/t28-,29-/m0/s1. The van der Waals surface area contributed by atoms with Crippen molar-refractivity contribution in [2.75, 3.05) is 13.1 Å². The maximum atomic E-state index is 4.53. The van der Waals surface area contributed by atoms with E-state index in [2.05, 4.69) is 106 Å². The summed E-state index contributed by atoms with van der Waals surface area (Å²) < 4.78 is 0. The maximum absolute atomic E-state index is 4.53. The van der Waals surface area contributed by atoms with E-state index in [9.17, 15) is 0 Å². The molecule has 4 heteroatoms. The molecule has 168 valence electrons. The van der Waals surface area contributed by atoms with Crippen LogP contribution in [-0.4, -0.2) is 23.1 Å². The van der Waals surface area contributed by atoms with Gasteiger partial charge in [0.15, 0.2) is 0 Å². The summed E-state index contributed by atoms with van der Waals surface area (Å²) in [4.78, 5) is 9.05. The van der Waals surface area contributed by atoms with E-state index in [1.807, 2.05) is 24.5 Å². The van der Waals surface area contributed by atoms with Gasteiger partial charge >= 0.3 is 0 Å². The summed E-state index contributed by atoms with van der Waals surface area (Å²) in [5, 5.41) is 7.51. The molecular weight excluding hydrogens is 404 g/mol. The lowest BCUT2D eigenvalue weighted by Crippen LogP contribution is -2.29. The molecule has 2 atom stereocenters. The number of nitrogens with one attached hydrogen (secondary N) is 2. The summed E-state index contributed by atoms with van der Waals surface area (Å²) in [7, 11) is 0. The highest BCUT2D eigenvalue weighted by Gasteiger charge is 2.14. The Morgan fingerprint density at radius 3 is 1.33 bits per heavy atom. The van der Waals surface area contributed by atoms with Crippen LogP contribution in [0.2, 0.25) is 0 Å². The molecule has 2 N–H and O–H groups in total. The van der Waals surface area contributed by atoms with Gasteiger partial charge in [-0.2, -0.15) is 0 Å². The normalized spacial score (nSPS) is 12.8. The van der Waals surface area contributed by atoms with Gasteiger partial charge in [0.05, 0.1) is 0 Å². The number of rotatable bonds is 12. The number of hydrogen-bond acceptors (Lipinski definition) is 4. The number of aromatic nitrogens is 2. The van der Waals surface area contributed by atoms with E-state index >= 15 is 0 Å². The summed E-state index contributed by atoms with van der Waals surface area (Å²) in [6.07, 6.45) is 6.53. The first-order valence-electron chi connectivity index (χ1n) is 11.7. The van der Waals surface area contributed by atoms with Crippen LogP contribution in [0, 0.1) is 0 Å². The highest BCUT2D eigenvalue weighted by atomic mass is 14.9. The van der Waals surface area contributed by atoms with Crippen molar-refractivity contribution in [3.63, 3.8) is 0 Å². The monoisotopic (exact) mass is 436 g/mol. The Labute approximate surface area is 197 Å². The Balaban J connectivity index is 1.32. The second-order valence-corrected chi connectivity index (χ2v) is 8.24. The van der Waals surface area contributed by atoms with Crippen molar-refractivity contribution < 1.29 is 0 Å². The van der Waals surface area contributed by atoms with E-state index in [0.29, 0.717) is 0 Å². The Bertz CT molecular complexity index is 953. The van der Waals surface area contributed by atoms with Gasteiger partial charge < -0.3 is 10.6 Å². The van der Waals surface area contributed by atoms with E-state index in [1.165, 1.54) is 11.1 Å². The largest absolute Gasteiger partial charge is 0.310 e. The van der Waals surface area contributed by atoms with Gasteiger partial charge in [0, 0.05) is 48.7 Å². The van der Waals surface area contributed by atoms with Gasteiger partial charge in [0.1, 0.15) is 0 Å². The molecular formula is C29H32N4. The van der Waals surface area contributed by atoms with E-state index in [1.54, 1.807) is 0 Å². The first-order chi connectivity index (χ1) is 16.4. The predicted octanol–water partition coefficient (Wildman–Crippen LogP) is 5.31. The molecule has 2 aromatic carbocycles. The fourth-order valence-electron chi connectivity index (χ4n) is 4.08. The second kappa shape index (κ2) is 12.6. The fourth-order valence-corrected chi connectivity index (χ4v) is 4.08. The summed E-state index contributed by atoms with van der Waals surface area (Å²) in [5.41, 5.74) is 4.81. The Kier molecular flexibility index (Phi) is 8.74. The number of benzene rings is 2. The number of hydrogen-bond donors (Lipinski definition) is 2. The van der Waals surface area contributed by atoms with Crippen LogP contribution in [0.15, 0.2) is 109 Å². The third-order valence-electron chi connectivity index (χ3n) is 5.82. The molecule has 0 fully saturated rings. The summed E-state index contributed by atoms with van der Waals surface area (Å²) in [5.74, 6) is 0. The van der Waals surface area contributed by atoms with Gasteiger partial charge in [-0.15, -0.1) is 0 Å². The van der Waals surface area contributed by atoms with Gasteiger partial charge in [-0.05, 0) is 54.9 Å². The van der Waals surface area contributed by atoms with Crippen LogP contribution in [-0.2, 0) is 12.8 Å². The highest BCUT2D eigenvalue weighted by Crippen LogP contribution is 2.19. The first-order valence-corrected chi connectivity index (χ1v) is 11.7. The van der Waals surface area contributed by atoms with Crippen LogP contribution >= 0.6 is 0 Å². The van der Waals surface area contributed by atoms with Crippen LogP contribution in [0.5, 0.6) is 0 Å². The first kappa shape index (κ1) is 22.8. The third-order valence-corrected chi connectivity index (χ3v) is 5.82. The van der Waals surface area contributed by atoms with Gasteiger partial charge in [0.2, 0.25) is 0 Å². The fraction of sp³-hybridized carbons (Fsp3) is 0.241. The molecule has 2 aromatic heterocycles. The minimum absolute atomic E-state index is 0.250. The van der Waals surface area contributed by atoms with Gasteiger partial charge in [-0.3, -0.25) is 9.97 Å². The predicted molar refractivity (Wildman–Crippen MR) is 135 cm³/mol. The summed E-state index contributed by atoms with van der Waals surface area (Å²) in [6, 6.07) is 34.1. The third kappa shape index (κ3) is 7.35. The van der Waals surface area contributed by atoms with Crippen LogP contribution < -0.4 is 10.6 Å². The SMILES string of the molecule is c1ccc([C@H](Cc2ccccn2)NCCCN[C@@H](Cc2ccccn2)c2ccccc2)cc1. The molecule has 0 spiro atoms. The Hall–Kier alpha value is -3.34. The molecule has 4 aromatic rings. The second-order valence-electron chi connectivity index (χ2n) is 8.24. The van der Waals surface area contributed by atoms with Crippen molar-refractivity contribution in [2.24, 2.45) is 0 Å². The molecule has 0 saturated heterocycles. The summed E-state index contributed by atoms with van der Waals surface area (Å²) in [6.45, 7) is 1.87. The lowest BCUT2D eigenvalue weighted by atomic mass is 10.0.